The summed E-state index contributed by atoms with van der Waals surface area (Å²) in [4.78, 5) is 16.8. The first-order valence-corrected chi connectivity index (χ1v) is 8.35. The first-order chi connectivity index (χ1) is 12.8. The van der Waals surface area contributed by atoms with E-state index in [1.54, 1.807) is 6.07 Å². The van der Waals surface area contributed by atoms with Crippen molar-refractivity contribution in [3.05, 3.63) is 59.7 Å². The van der Waals surface area contributed by atoms with Crippen LogP contribution < -0.4 is 10.1 Å². The maximum Gasteiger partial charge on any atom is 0.387 e. The lowest BCUT2D eigenvalue weighted by molar-refractivity contribution is -0.120. The van der Waals surface area contributed by atoms with Crippen LogP contribution in [0.5, 0.6) is 5.75 Å². The van der Waals surface area contributed by atoms with E-state index in [4.69, 9.17) is 4.84 Å². The van der Waals surface area contributed by atoms with E-state index in [2.05, 4.69) is 36.0 Å². The van der Waals surface area contributed by atoms with Gasteiger partial charge in [-0.05, 0) is 28.7 Å². The van der Waals surface area contributed by atoms with Gasteiger partial charge in [-0.25, -0.2) is 0 Å². The molecule has 0 aromatic heterocycles. The monoisotopic (exact) mass is 376 g/mol. The quantitative estimate of drug-likeness (QED) is 0.569. The summed E-state index contributed by atoms with van der Waals surface area (Å²) in [5, 5.41) is 6.19. The Labute approximate surface area is 157 Å². The minimum Gasteiger partial charge on any atom is -0.433 e. The zero-order valence-corrected chi connectivity index (χ0v) is 15.4. The summed E-state index contributed by atoms with van der Waals surface area (Å²) in [6, 6.07) is 13.7. The fourth-order valence-corrected chi connectivity index (χ4v) is 2.22. The van der Waals surface area contributed by atoms with Gasteiger partial charge >= 0.3 is 6.61 Å². The number of oxime groups is 1. The lowest BCUT2D eigenvalue weighted by Gasteiger charge is -2.18. The third kappa shape index (κ3) is 6.69. The SMILES string of the molecule is CC(C)(C)c1ccc(/C=N/OCC(=O)Nc2ccccc2OC(F)F)cc1. The van der Waals surface area contributed by atoms with Gasteiger partial charge in [-0.3, -0.25) is 4.79 Å². The summed E-state index contributed by atoms with van der Waals surface area (Å²) < 4.78 is 29.1. The summed E-state index contributed by atoms with van der Waals surface area (Å²) in [5.41, 5.74) is 2.23. The van der Waals surface area contributed by atoms with Gasteiger partial charge in [0.25, 0.3) is 5.91 Å². The Morgan fingerprint density at radius 3 is 2.44 bits per heavy atom. The zero-order valence-electron chi connectivity index (χ0n) is 15.4. The first kappa shape index (κ1) is 20.4. The minimum absolute atomic E-state index is 0.0641. The number of ether oxygens (including phenoxy) is 1. The molecule has 0 saturated carbocycles. The van der Waals surface area contributed by atoms with E-state index in [1.807, 2.05) is 24.3 Å². The van der Waals surface area contributed by atoms with Crippen LogP contribution in [0.4, 0.5) is 14.5 Å². The Balaban J connectivity index is 1.85. The molecule has 0 atom stereocenters. The third-order valence-electron chi connectivity index (χ3n) is 3.63. The highest BCUT2D eigenvalue weighted by molar-refractivity contribution is 5.93. The predicted molar refractivity (Wildman–Crippen MR) is 100 cm³/mol. The molecule has 0 bridgehead atoms. The summed E-state index contributed by atoms with van der Waals surface area (Å²) in [5.74, 6) is -0.663. The van der Waals surface area contributed by atoms with Gasteiger partial charge < -0.3 is 14.9 Å². The molecule has 27 heavy (non-hydrogen) atoms. The van der Waals surface area contributed by atoms with Crippen LogP contribution in [0, 0.1) is 0 Å². The highest BCUT2D eigenvalue weighted by Gasteiger charge is 2.13. The van der Waals surface area contributed by atoms with Gasteiger partial charge in [-0.1, -0.05) is 62.3 Å². The number of hydrogen-bond acceptors (Lipinski definition) is 4. The molecule has 7 heteroatoms. The summed E-state index contributed by atoms with van der Waals surface area (Å²) in [6.07, 6.45) is 1.49. The van der Waals surface area contributed by atoms with E-state index in [-0.39, 0.29) is 23.5 Å². The third-order valence-corrected chi connectivity index (χ3v) is 3.63. The standard InChI is InChI=1S/C20H22F2N2O3/c1-20(2,3)15-10-8-14(9-11-15)12-23-26-13-18(25)24-16-6-4-5-7-17(16)27-19(21)22/h4-12,19H,13H2,1-3H3,(H,24,25)/b23-12+. The molecule has 2 aromatic rings. The number of amides is 1. The Hall–Kier alpha value is -2.96. The van der Waals surface area contributed by atoms with Crippen LogP contribution in [-0.4, -0.2) is 25.3 Å². The van der Waals surface area contributed by atoms with Crippen molar-refractivity contribution in [2.24, 2.45) is 5.16 Å². The molecule has 1 N–H and O–H groups in total. The highest BCUT2D eigenvalue weighted by atomic mass is 19.3. The molecule has 0 aliphatic heterocycles. The molecule has 2 aromatic carbocycles. The molecule has 0 heterocycles. The van der Waals surface area contributed by atoms with Crippen LogP contribution in [0.3, 0.4) is 0 Å². The maximum atomic E-state index is 12.4. The molecular weight excluding hydrogens is 354 g/mol. The van der Waals surface area contributed by atoms with Crippen LogP contribution in [0.1, 0.15) is 31.9 Å². The molecule has 0 unspecified atom stereocenters. The minimum atomic E-state index is -2.98. The molecule has 0 aliphatic carbocycles. The van der Waals surface area contributed by atoms with Crippen molar-refractivity contribution in [2.75, 3.05) is 11.9 Å². The second kappa shape index (κ2) is 9.12. The van der Waals surface area contributed by atoms with Crippen LogP contribution in [0.2, 0.25) is 0 Å². The number of rotatable bonds is 7. The van der Waals surface area contributed by atoms with Crippen molar-refractivity contribution in [1.82, 2.24) is 0 Å². The summed E-state index contributed by atoms with van der Waals surface area (Å²) in [7, 11) is 0. The van der Waals surface area contributed by atoms with E-state index in [0.717, 1.165) is 5.56 Å². The van der Waals surface area contributed by atoms with Crippen LogP contribution in [0.25, 0.3) is 0 Å². The Morgan fingerprint density at radius 2 is 1.81 bits per heavy atom. The Kier molecular flexibility index (Phi) is 6.87. The Bertz CT molecular complexity index is 785. The molecule has 0 aliphatic rings. The summed E-state index contributed by atoms with van der Waals surface area (Å²) >= 11 is 0. The molecule has 0 fully saturated rings. The largest absolute Gasteiger partial charge is 0.433 e. The van der Waals surface area contributed by atoms with Crippen molar-refractivity contribution in [3.8, 4) is 5.75 Å². The van der Waals surface area contributed by atoms with E-state index >= 15 is 0 Å². The van der Waals surface area contributed by atoms with Gasteiger partial charge in [0.05, 0.1) is 11.9 Å². The van der Waals surface area contributed by atoms with E-state index in [9.17, 15) is 13.6 Å². The number of alkyl halides is 2. The van der Waals surface area contributed by atoms with Crippen molar-refractivity contribution >= 4 is 17.8 Å². The second-order valence-corrected chi connectivity index (χ2v) is 6.80. The second-order valence-electron chi connectivity index (χ2n) is 6.80. The van der Waals surface area contributed by atoms with Crippen LogP contribution >= 0.6 is 0 Å². The molecule has 5 nitrogen and oxygen atoms in total. The van der Waals surface area contributed by atoms with Crippen molar-refractivity contribution < 1.29 is 23.1 Å². The maximum absolute atomic E-state index is 12.4. The number of carbonyl (C=O) groups excluding carboxylic acids is 1. The fourth-order valence-electron chi connectivity index (χ4n) is 2.22. The number of halogens is 2. The number of anilines is 1. The molecular formula is C20H22F2N2O3. The van der Waals surface area contributed by atoms with Crippen LogP contribution in [-0.2, 0) is 15.0 Å². The molecule has 144 valence electrons. The van der Waals surface area contributed by atoms with Crippen molar-refractivity contribution in [1.29, 1.82) is 0 Å². The zero-order chi connectivity index (χ0) is 19.9. The van der Waals surface area contributed by atoms with E-state index in [0.29, 0.717) is 0 Å². The van der Waals surface area contributed by atoms with Gasteiger partial charge in [0, 0.05) is 0 Å². The summed E-state index contributed by atoms with van der Waals surface area (Å²) in [6.45, 7) is 3.04. The lowest BCUT2D eigenvalue weighted by Crippen LogP contribution is -2.18. The molecule has 2 rings (SSSR count). The molecule has 0 radical (unpaired) electrons. The predicted octanol–water partition coefficient (Wildman–Crippen LogP) is 4.57. The van der Waals surface area contributed by atoms with Gasteiger partial charge in [-0.2, -0.15) is 8.78 Å². The fraction of sp³-hybridized carbons (Fsp3) is 0.300. The van der Waals surface area contributed by atoms with Crippen molar-refractivity contribution in [3.63, 3.8) is 0 Å². The number of hydrogen-bond donors (Lipinski definition) is 1. The number of carbonyl (C=O) groups is 1. The topological polar surface area (TPSA) is 59.9 Å². The molecule has 0 spiro atoms. The van der Waals surface area contributed by atoms with E-state index in [1.165, 1.54) is 30.0 Å². The van der Waals surface area contributed by atoms with E-state index < -0.39 is 12.5 Å². The smallest absolute Gasteiger partial charge is 0.387 e. The number of nitrogens with zero attached hydrogens (tertiary/aromatic N) is 1. The number of benzene rings is 2. The molecule has 1 amide bonds. The number of para-hydroxylation sites is 2. The highest BCUT2D eigenvalue weighted by Crippen LogP contribution is 2.25. The lowest BCUT2D eigenvalue weighted by atomic mass is 9.87. The van der Waals surface area contributed by atoms with Crippen molar-refractivity contribution in [2.45, 2.75) is 32.8 Å². The average Bonchev–Trinajstić information content (AvgIpc) is 2.60. The molecule has 0 saturated heterocycles. The van der Waals surface area contributed by atoms with Crippen LogP contribution in [0.15, 0.2) is 53.7 Å². The normalized spacial score (nSPS) is 11.6. The van der Waals surface area contributed by atoms with Gasteiger partial charge in [0.15, 0.2) is 6.61 Å². The number of nitrogens with one attached hydrogen (secondary N) is 1. The Morgan fingerprint density at radius 1 is 1.15 bits per heavy atom. The van der Waals surface area contributed by atoms with Gasteiger partial charge in [0.1, 0.15) is 5.75 Å². The first-order valence-electron chi connectivity index (χ1n) is 8.35. The van der Waals surface area contributed by atoms with Gasteiger partial charge in [0.2, 0.25) is 0 Å². The average molecular weight is 376 g/mol. The van der Waals surface area contributed by atoms with Gasteiger partial charge in [-0.15, -0.1) is 0 Å².